The molecular formula is C10H10N2O. The lowest BCUT2D eigenvalue weighted by molar-refractivity contribution is 1.00. The third kappa shape index (κ3) is 1.22. The molecule has 1 aromatic heterocycles. The van der Waals surface area contributed by atoms with Crippen LogP contribution in [0.5, 0.6) is 0 Å². The fourth-order valence-electron chi connectivity index (χ4n) is 1.34. The van der Waals surface area contributed by atoms with Gasteiger partial charge in [0.05, 0.1) is 5.52 Å². The fraction of sp³-hybridized carbons (Fsp3) is 0.200. The number of rotatable bonds is 0. The monoisotopic (exact) mass is 174 g/mol. The van der Waals surface area contributed by atoms with Crippen LogP contribution in [0.4, 0.5) is 0 Å². The van der Waals surface area contributed by atoms with E-state index in [1.165, 1.54) is 0 Å². The molecule has 0 unspecified atom stereocenters. The highest BCUT2D eigenvalue weighted by atomic mass is 16.1. The van der Waals surface area contributed by atoms with E-state index in [-0.39, 0.29) is 5.43 Å². The molecule has 66 valence electrons. The van der Waals surface area contributed by atoms with E-state index in [1.54, 1.807) is 6.92 Å². The van der Waals surface area contributed by atoms with Gasteiger partial charge in [0.15, 0.2) is 0 Å². The molecule has 1 aromatic carbocycles. The van der Waals surface area contributed by atoms with Crippen LogP contribution in [0.3, 0.4) is 0 Å². The summed E-state index contributed by atoms with van der Waals surface area (Å²) < 4.78 is 0. The molecule has 0 atom stereocenters. The Kier molecular flexibility index (Phi) is 1.65. The van der Waals surface area contributed by atoms with Gasteiger partial charge in [-0.1, -0.05) is 6.07 Å². The molecule has 13 heavy (non-hydrogen) atoms. The van der Waals surface area contributed by atoms with Gasteiger partial charge in [-0.2, -0.15) is 5.10 Å². The van der Waals surface area contributed by atoms with E-state index in [9.17, 15) is 4.79 Å². The zero-order valence-electron chi connectivity index (χ0n) is 7.59. The maximum Gasteiger partial charge on any atom is 0.210 e. The first-order chi connectivity index (χ1) is 6.18. The minimum Gasteiger partial charge on any atom is -0.287 e. The Morgan fingerprint density at radius 2 is 2.08 bits per heavy atom. The van der Waals surface area contributed by atoms with Crippen LogP contribution in [-0.2, 0) is 0 Å². The summed E-state index contributed by atoms with van der Waals surface area (Å²) in [7, 11) is 0. The lowest BCUT2D eigenvalue weighted by Gasteiger charge is -1.98. The standard InChI is InChI=1S/C10H10N2O/c1-6-3-4-8-9(5-6)12-11-7(2)10(8)13/h3-5H,1-2H3,(H,12,13). The summed E-state index contributed by atoms with van der Waals surface area (Å²) in [6, 6.07) is 5.68. The lowest BCUT2D eigenvalue weighted by Crippen LogP contribution is -2.09. The molecule has 0 spiro atoms. The van der Waals surface area contributed by atoms with Crippen molar-refractivity contribution in [2.75, 3.05) is 0 Å². The highest BCUT2D eigenvalue weighted by molar-refractivity contribution is 5.78. The maximum absolute atomic E-state index is 11.6. The number of hydrogen-bond donors (Lipinski definition) is 1. The van der Waals surface area contributed by atoms with Crippen molar-refractivity contribution in [3.63, 3.8) is 0 Å². The Morgan fingerprint density at radius 1 is 1.31 bits per heavy atom. The van der Waals surface area contributed by atoms with E-state index in [2.05, 4.69) is 10.2 Å². The molecule has 2 aromatic rings. The summed E-state index contributed by atoms with van der Waals surface area (Å²) in [4.78, 5) is 11.6. The number of aromatic amines is 1. The largest absolute Gasteiger partial charge is 0.287 e. The third-order valence-corrected chi connectivity index (χ3v) is 2.09. The van der Waals surface area contributed by atoms with E-state index in [0.717, 1.165) is 11.1 Å². The molecule has 1 heterocycles. The van der Waals surface area contributed by atoms with Gasteiger partial charge in [0.25, 0.3) is 0 Å². The van der Waals surface area contributed by atoms with Gasteiger partial charge in [-0.25, -0.2) is 0 Å². The molecule has 2 rings (SSSR count). The van der Waals surface area contributed by atoms with Crippen LogP contribution in [0.2, 0.25) is 0 Å². The number of nitrogens with zero attached hydrogens (tertiary/aromatic N) is 1. The van der Waals surface area contributed by atoms with Gasteiger partial charge in [0, 0.05) is 5.39 Å². The third-order valence-electron chi connectivity index (χ3n) is 2.09. The van der Waals surface area contributed by atoms with Crippen LogP contribution in [0, 0.1) is 13.8 Å². The number of aromatic nitrogens is 2. The average molecular weight is 174 g/mol. The summed E-state index contributed by atoms with van der Waals surface area (Å²) in [5.41, 5.74) is 2.44. The molecule has 0 aliphatic heterocycles. The molecule has 0 saturated heterocycles. The number of H-pyrrole nitrogens is 1. The first kappa shape index (κ1) is 7.98. The Labute approximate surface area is 75.4 Å². The molecule has 0 amide bonds. The molecular weight excluding hydrogens is 164 g/mol. The summed E-state index contributed by atoms with van der Waals surface area (Å²) in [5.74, 6) is 0. The molecule has 0 radical (unpaired) electrons. The second-order valence-electron chi connectivity index (χ2n) is 3.19. The van der Waals surface area contributed by atoms with Crippen molar-refractivity contribution in [1.29, 1.82) is 0 Å². The van der Waals surface area contributed by atoms with Crippen molar-refractivity contribution >= 4 is 10.9 Å². The van der Waals surface area contributed by atoms with Crippen LogP contribution in [0.1, 0.15) is 11.3 Å². The average Bonchev–Trinajstić information content (AvgIpc) is 2.12. The van der Waals surface area contributed by atoms with Crippen LogP contribution in [-0.4, -0.2) is 10.2 Å². The second kappa shape index (κ2) is 2.69. The van der Waals surface area contributed by atoms with E-state index in [4.69, 9.17) is 0 Å². The summed E-state index contributed by atoms with van der Waals surface area (Å²) >= 11 is 0. The molecule has 0 aliphatic carbocycles. The Balaban J connectivity index is 2.95. The van der Waals surface area contributed by atoms with Gasteiger partial charge < -0.3 is 0 Å². The van der Waals surface area contributed by atoms with Crippen molar-refractivity contribution in [3.8, 4) is 0 Å². The molecule has 0 saturated carbocycles. The molecule has 1 N–H and O–H groups in total. The summed E-state index contributed by atoms with van der Waals surface area (Å²) in [6.07, 6.45) is 0. The van der Waals surface area contributed by atoms with Crippen molar-refractivity contribution in [2.45, 2.75) is 13.8 Å². The van der Waals surface area contributed by atoms with Gasteiger partial charge >= 0.3 is 0 Å². The predicted molar refractivity (Wildman–Crippen MR) is 51.8 cm³/mol. The normalized spacial score (nSPS) is 10.6. The first-order valence-electron chi connectivity index (χ1n) is 4.14. The highest BCUT2D eigenvalue weighted by Gasteiger charge is 2.01. The smallest absolute Gasteiger partial charge is 0.210 e. The first-order valence-corrected chi connectivity index (χ1v) is 4.14. The zero-order chi connectivity index (χ0) is 9.42. The maximum atomic E-state index is 11.6. The molecule has 0 bridgehead atoms. The zero-order valence-corrected chi connectivity index (χ0v) is 7.59. The van der Waals surface area contributed by atoms with E-state index >= 15 is 0 Å². The molecule has 3 nitrogen and oxygen atoms in total. The highest BCUT2D eigenvalue weighted by Crippen LogP contribution is 2.08. The van der Waals surface area contributed by atoms with E-state index in [1.807, 2.05) is 25.1 Å². The Hall–Kier alpha value is -1.64. The van der Waals surface area contributed by atoms with Crippen LogP contribution in [0.15, 0.2) is 23.0 Å². The van der Waals surface area contributed by atoms with Gasteiger partial charge in [-0.15, -0.1) is 0 Å². The molecule has 3 heteroatoms. The fourth-order valence-corrected chi connectivity index (χ4v) is 1.34. The molecule has 0 aliphatic rings. The Bertz CT molecular complexity index is 514. The summed E-state index contributed by atoms with van der Waals surface area (Å²) in [6.45, 7) is 3.69. The van der Waals surface area contributed by atoms with Gasteiger partial charge in [0.2, 0.25) is 5.43 Å². The van der Waals surface area contributed by atoms with Crippen molar-refractivity contribution in [2.24, 2.45) is 0 Å². The number of benzene rings is 1. The minimum absolute atomic E-state index is 0.00810. The van der Waals surface area contributed by atoms with Crippen LogP contribution in [0.25, 0.3) is 10.9 Å². The number of nitrogens with one attached hydrogen (secondary N) is 1. The van der Waals surface area contributed by atoms with Crippen molar-refractivity contribution in [3.05, 3.63) is 39.7 Å². The van der Waals surface area contributed by atoms with E-state index < -0.39 is 0 Å². The van der Waals surface area contributed by atoms with Crippen LogP contribution >= 0.6 is 0 Å². The van der Waals surface area contributed by atoms with Crippen LogP contribution < -0.4 is 5.43 Å². The number of hydrogen-bond acceptors (Lipinski definition) is 2. The number of fused-ring (bicyclic) bond motifs is 1. The topological polar surface area (TPSA) is 45.8 Å². The van der Waals surface area contributed by atoms with E-state index in [0.29, 0.717) is 11.1 Å². The van der Waals surface area contributed by atoms with Gasteiger partial charge in [-0.3, -0.25) is 9.89 Å². The Morgan fingerprint density at radius 3 is 2.85 bits per heavy atom. The quantitative estimate of drug-likeness (QED) is 0.658. The van der Waals surface area contributed by atoms with Gasteiger partial charge in [-0.05, 0) is 31.5 Å². The molecule has 0 fully saturated rings. The lowest BCUT2D eigenvalue weighted by atomic mass is 10.1. The van der Waals surface area contributed by atoms with Gasteiger partial charge in [0.1, 0.15) is 5.69 Å². The number of aryl methyl sites for hydroxylation is 2. The van der Waals surface area contributed by atoms with Crippen molar-refractivity contribution in [1.82, 2.24) is 10.2 Å². The van der Waals surface area contributed by atoms with Crippen molar-refractivity contribution < 1.29 is 0 Å². The summed E-state index contributed by atoms with van der Waals surface area (Å²) in [5, 5.41) is 7.47. The minimum atomic E-state index is 0.00810. The SMILES string of the molecule is Cc1ccc2c(=O)c(C)n[nH]c2c1. The second-order valence-corrected chi connectivity index (χ2v) is 3.19. The predicted octanol–water partition coefficient (Wildman–Crippen LogP) is 1.54.